The summed E-state index contributed by atoms with van der Waals surface area (Å²) in [6.07, 6.45) is 0.883. The maximum Gasteiger partial charge on any atom is 0.407 e. The van der Waals surface area contributed by atoms with Gasteiger partial charge in [-0.15, -0.1) is 0 Å². The molecule has 3 N–H and O–H groups in total. The van der Waals surface area contributed by atoms with Crippen molar-refractivity contribution in [1.82, 2.24) is 4.90 Å². The Balaban J connectivity index is 2.15. The first kappa shape index (κ1) is 11.0. The van der Waals surface area contributed by atoms with Gasteiger partial charge < -0.3 is 15.7 Å². The highest BCUT2D eigenvalue weighted by Crippen LogP contribution is 2.27. The lowest BCUT2D eigenvalue weighted by Crippen LogP contribution is -2.41. The smallest absolute Gasteiger partial charge is 0.407 e. The van der Waals surface area contributed by atoms with E-state index in [9.17, 15) is 4.79 Å². The third-order valence-corrected chi connectivity index (χ3v) is 3.14. The fraction of sp³-hybridized carbons (Fsp3) is 0.417. The standard InChI is InChI=1S/C12H16N2O2/c13-11(9-5-2-1-3-6-9)10-7-4-8-14(10)12(15)16/h1-3,5-6,10-11H,4,7-8,13H2,(H,15,16)/t10-,11?/m0/s1. The molecule has 2 atom stereocenters. The summed E-state index contributed by atoms with van der Waals surface area (Å²) in [6, 6.07) is 9.37. The molecule has 0 saturated carbocycles. The zero-order valence-electron chi connectivity index (χ0n) is 9.04. The molecule has 16 heavy (non-hydrogen) atoms. The number of hydrogen-bond donors (Lipinski definition) is 2. The highest BCUT2D eigenvalue weighted by molar-refractivity contribution is 5.66. The van der Waals surface area contributed by atoms with Crippen molar-refractivity contribution in [2.75, 3.05) is 6.54 Å². The molecule has 1 aliphatic heterocycles. The second-order valence-electron chi connectivity index (χ2n) is 4.12. The van der Waals surface area contributed by atoms with Gasteiger partial charge in [0.05, 0.1) is 12.1 Å². The van der Waals surface area contributed by atoms with E-state index in [-0.39, 0.29) is 12.1 Å². The summed E-state index contributed by atoms with van der Waals surface area (Å²) in [6.45, 7) is 0.598. The van der Waals surface area contributed by atoms with Gasteiger partial charge in [-0.05, 0) is 18.4 Å². The second kappa shape index (κ2) is 4.53. The van der Waals surface area contributed by atoms with E-state index in [4.69, 9.17) is 10.8 Å². The van der Waals surface area contributed by atoms with E-state index in [1.54, 1.807) is 0 Å². The molecule has 2 rings (SSSR count). The van der Waals surface area contributed by atoms with E-state index in [1.807, 2.05) is 30.3 Å². The number of nitrogens with two attached hydrogens (primary N) is 1. The molecule has 0 aliphatic carbocycles. The maximum atomic E-state index is 11.0. The monoisotopic (exact) mass is 220 g/mol. The summed E-state index contributed by atoms with van der Waals surface area (Å²) in [7, 11) is 0. The molecule has 4 heteroatoms. The van der Waals surface area contributed by atoms with Crippen LogP contribution in [0.3, 0.4) is 0 Å². The number of benzene rings is 1. The van der Waals surface area contributed by atoms with Crippen LogP contribution in [0.15, 0.2) is 30.3 Å². The molecule has 4 nitrogen and oxygen atoms in total. The fourth-order valence-corrected chi connectivity index (χ4v) is 2.30. The van der Waals surface area contributed by atoms with Crippen molar-refractivity contribution in [1.29, 1.82) is 0 Å². The van der Waals surface area contributed by atoms with Gasteiger partial charge >= 0.3 is 6.09 Å². The minimum Gasteiger partial charge on any atom is -0.465 e. The first-order valence-corrected chi connectivity index (χ1v) is 5.50. The number of carboxylic acid groups (broad SMARTS) is 1. The molecular formula is C12H16N2O2. The van der Waals surface area contributed by atoms with Crippen molar-refractivity contribution in [3.05, 3.63) is 35.9 Å². The Hall–Kier alpha value is -1.55. The zero-order valence-corrected chi connectivity index (χ0v) is 9.04. The summed E-state index contributed by atoms with van der Waals surface area (Å²) in [5.74, 6) is 0. The SMILES string of the molecule is NC(c1ccccc1)[C@@H]1CCCN1C(=O)O. The van der Waals surface area contributed by atoms with Gasteiger partial charge in [0.25, 0.3) is 0 Å². The number of likely N-dealkylation sites (tertiary alicyclic amines) is 1. The number of hydrogen-bond acceptors (Lipinski definition) is 2. The summed E-state index contributed by atoms with van der Waals surface area (Å²) in [5.41, 5.74) is 7.12. The van der Waals surface area contributed by atoms with Crippen LogP contribution in [0.4, 0.5) is 4.79 Å². The quantitative estimate of drug-likeness (QED) is 0.799. The summed E-state index contributed by atoms with van der Waals surface area (Å²) < 4.78 is 0. The minimum atomic E-state index is -0.867. The van der Waals surface area contributed by atoms with Crippen molar-refractivity contribution < 1.29 is 9.90 Å². The van der Waals surface area contributed by atoms with Gasteiger partial charge in [0.2, 0.25) is 0 Å². The maximum absolute atomic E-state index is 11.0. The molecule has 1 saturated heterocycles. The van der Waals surface area contributed by atoms with E-state index in [0.717, 1.165) is 18.4 Å². The predicted octanol–water partition coefficient (Wildman–Crippen LogP) is 1.83. The van der Waals surface area contributed by atoms with Crippen molar-refractivity contribution in [2.45, 2.75) is 24.9 Å². The first-order chi connectivity index (χ1) is 7.70. The lowest BCUT2D eigenvalue weighted by Gasteiger charge is -2.27. The Morgan fingerprint density at radius 1 is 1.44 bits per heavy atom. The third-order valence-electron chi connectivity index (χ3n) is 3.14. The fourth-order valence-electron chi connectivity index (χ4n) is 2.30. The first-order valence-electron chi connectivity index (χ1n) is 5.50. The Morgan fingerprint density at radius 3 is 2.75 bits per heavy atom. The molecule has 0 spiro atoms. The van der Waals surface area contributed by atoms with E-state index < -0.39 is 6.09 Å². The molecule has 1 heterocycles. The van der Waals surface area contributed by atoms with E-state index >= 15 is 0 Å². The molecule has 1 aliphatic rings. The molecule has 0 aromatic heterocycles. The largest absolute Gasteiger partial charge is 0.465 e. The zero-order chi connectivity index (χ0) is 11.5. The Labute approximate surface area is 94.7 Å². The number of nitrogens with zero attached hydrogens (tertiary/aromatic N) is 1. The molecule has 1 fully saturated rings. The summed E-state index contributed by atoms with van der Waals surface area (Å²) in [5, 5.41) is 9.05. The Morgan fingerprint density at radius 2 is 2.12 bits per heavy atom. The lowest BCUT2D eigenvalue weighted by molar-refractivity contribution is 0.134. The number of rotatable bonds is 2. The summed E-state index contributed by atoms with van der Waals surface area (Å²) >= 11 is 0. The van der Waals surface area contributed by atoms with Crippen LogP contribution >= 0.6 is 0 Å². The average molecular weight is 220 g/mol. The number of carbonyl (C=O) groups is 1. The van der Waals surface area contributed by atoms with Gasteiger partial charge in [0, 0.05) is 6.54 Å². The van der Waals surface area contributed by atoms with Gasteiger partial charge in [-0.25, -0.2) is 4.79 Å². The molecule has 86 valence electrons. The van der Waals surface area contributed by atoms with Gasteiger partial charge in [-0.2, -0.15) is 0 Å². The molecule has 0 bridgehead atoms. The van der Waals surface area contributed by atoms with Gasteiger partial charge in [-0.1, -0.05) is 30.3 Å². The topological polar surface area (TPSA) is 66.6 Å². The van der Waals surface area contributed by atoms with Crippen molar-refractivity contribution in [3.63, 3.8) is 0 Å². The highest BCUT2D eigenvalue weighted by Gasteiger charge is 2.33. The molecule has 1 amide bonds. The van der Waals surface area contributed by atoms with Crippen LogP contribution in [-0.2, 0) is 0 Å². The molecular weight excluding hydrogens is 204 g/mol. The number of amides is 1. The van der Waals surface area contributed by atoms with E-state index in [1.165, 1.54) is 4.90 Å². The average Bonchev–Trinajstić information content (AvgIpc) is 2.78. The van der Waals surface area contributed by atoms with Gasteiger partial charge in [-0.3, -0.25) is 0 Å². The van der Waals surface area contributed by atoms with Crippen LogP contribution in [0, 0.1) is 0 Å². The van der Waals surface area contributed by atoms with Crippen LogP contribution in [0.2, 0.25) is 0 Å². The molecule has 1 aromatic carbocycles. The summed E-state index contributed by atoms with van der Waals surface area (Å²) in [4.78, 5) is 12.5. The van der Waals surface area contributed by atoms with Crippen LogP contribution in [0.1, 0.15) is 24.4 Å². The van der Waals surface area contributed by atoms with Crippen LogP contribution in [-0.4, -0.2) is 28.7 Å². The molecule has 0 radical (unpaired) electrons. The third kappa shape index (κ3) is 2.02. The Kier molecular flexibility index (Phi) is 3.10. The lowest BCUT2D eigenvalue weighted by atomic mass is 9.98. The predicted molar refractivity (Wildman–Crippen MR) is 61.1 cm³/mol. The molecule has 1 aromatic rings. The highest BCUT2D eigenvalue weighted by atomic mass is 16.4. The van der Waals surface area contributed by atoms with Crippen LogP contribution in [0.25, 0.3) is 0 Å². The van der Waals surface area contributed by atoms with Gasteiger partial charge in [0.1, 0.15) is 0 Å². The van der Waals surface area contributed by atoms with Crippen molar-refractivity contribution >= 4 is 6.09 Å². The molecule has 1 unspecified atom stereocenters. The van der Waals surface area contributed by atoms with E-state index in [2.05, 4.69) is 0 Å². The van der Waals surface area contributed by atoms with Gasteiger partial charge in [0.15, 0.2) is 0 Å². The van der Waals surface area contributed by atoms with Crippen LogP contribution < -0.4 is 5.73 Å². The Bertz CT molecular complexity index is 367. The normalized spacial score (nSPS) is 22.1. The van der Waals surface area contributed by atoms with Crippen LogP contribution in [0.5, 0.6) is 0 Å². The van der Waals surface area contributed by atoms with Crippen molar-refractivity contribution in [2.24, 2.45) is 5.73 Å². The second-order valence-corrected chi connectivity index (χ2v) is 4.12. The van der Waals surface area contributed by atoms with E-state index in [0.29, 0.717) is 6.54 Å². The minimum absolute atomic E-state index is 0.0834. The van der Waals surface area contributed by atoms with Crippen molar-refractivity contribution in [3.8, 4) is 0 Å².